The Balaban J connectivity index is 2.70. The third kappa shape index (κ3) is 1.34. The fourth-order valence-electron chi connectivity index (χ4n) is 2.31. The molecule has 0 aliphatic rings. The van der Waals surface area contributed by atoms with Crippen LogP contribution >= 0.6 is 0 Å². The highest BCUT2D eigenvalue weighted by molar-refractivity contribution is 6.18. The first kappa shape index (κ1) is 10.6. The Labute approximate surface area is 103 Å². The summed E-state index contributed by atoms with van der Waals surface area (Å²) in [6.07, 6.45) is 3.24. The van der Waals surface area contributed by atoms with Crippen molar-refractivity contribution in [2.45, 2.75) is 0 Å². The molecule has 0 fully saturated rings. The molecule has 18 heavy (non-hydrogen) atoms. The van der Waals surface area contributed by atoms with Gasteiger partial charge in [-0.05, 0) is 16.8 Å². The number of aromatic nitrogens is 1. The van der Waals surface area contributed by atoms with Crippen molar-refractivity contribution in [2.75, 3.05) is 0 Å². The highest BCUT2D eigenvalue weighted by Gasteiger charge is 2.12. The maximum atomic E-state index is 11.3. The Morgan fingerprint density at radius 1 is 0.778 bits per heavy atom. The standard InChI is InChI=1S/C15H9NO2/c17-8-13-10-4-1-2-5-11(10)14(9-18)15-12(13)6-3-7-16-15/h1-9H. The summed E-state index contributed by atoms with van der Waals surface area (Å²) in [7, 11) is 0. The average molecular weight is 235 g/mol. The van der Waals surface area contributed by atoms with Crippen molar-refractivity contribution in [3.63, 3.8) is 0 Å². The van der Waals surface area contributed by atoms with Gasteiger partial charge in [0.2, 0.25) is 0 Å². The molecule has 3 heteroatoms. The maximum Gasteiger partial charge on any atom is 0.152 e. The summed E-state index contributed by atoms with van der Waals surface area (Å²) in [4.78, 5) is 26.8. The molecule has 0 aliphatic carbocycles. The minimum atomic E-state index is 0.534. The van der Waals surface area contributed by atoms with E-state index in [1.54, 1.807) is 12.3 Å². The molecule has 1 heterocycles. The van der Waals surface area contributed by atoms with Crippen LogP contribution in [0, 0.1) is 0 Å². The number of fused-ring (bicyclic) bond motifs is 2. The summed E-state index contributed by atoms with van der Waals surface area (Å²) >= 11 is 0. The third-order valence-electron chi connectivity index (χ3n) is 3.10. The highest BCUT2D eigenvalue weighted by Crippen LogP contribution is 2.29. The Bertz CT molecular complexity index is 655. The monoisotopic (exact) mass is 235 g/mol. The smallest absolute Gasteiger partial charge is 0.152 e. The summed E-state index contributed by atoms with van der Waals surface area (Å²) in [6, 6.07) is 11.0. The zero-order chi connectivity index (χ0) is 12.5. The first-order valence-corrected chi connectivity index (χ1v) is 5.56. The number of carbonyl (C=O) groups excluding carboxylic acids is 2. The van der Waals surface area contributed by atoms with E-state index in [4.69, 9.17) is 0 Å². The molecule has 0 unspecified atom stereocenters. The van der Waals surface area contributed by atoms with Gasteiger partial charge in [0, 0.05) is 22.7 Å². The number of hydrogen-bond donors (Lipinski definition) is 0. The predicted molar refractivity (Wildman–Crippen MR) is 70.0 cm³/mol. The second kappa shape index (κ2) is 4.04. The highest BCUT2D eigenvalue weighted by atomic mass is 16.1. The normalized spacial score (nSPS) is 10.7. The van der Waals surface area contributed by atoms with Crippen LogP contribution in [0.15, 0.2) is 42.6 Å². The molecule has 0 saturated carbocycles. The van der Waals surface area contributed by atoms with E-state index >= 15 is 0 Å². The topological polar surface area (TPSA) is 47.0 Å². The van der Waals surface area contributed by atoms with E-state index in [1.165, 1.54) is 0 Å². The van der Waals surface area contributed by atoms with E-state index in [0.717, 1.165) is 23.3 Å². The van der Waals surface area contributed by atoms with Crippen molar-refractivity contribution in [3.05, 3.63) is 53.7 Å². The largest absolute Gasteiger partial charge is 0.298 e. The van der Waals surface area contributed by atoms with Crippen molar-refractivity contribution in [2.24, 2.45) is 0 Å². The molecule has 3 nitrogen and oxygen atoms in total. The fraction of sp³-hybridized carbons (Fsp3) is 0. The molecule has 0 spiro atoms. The maximum absolute atomic E-state index is 11.3. The molecule has 0 N–H and O–H groups in total. The zero-order valence-corrected chi connectivity index (χ0v) is 9.46. The van der Waals surface area contributed by atoms with E-state index in [9.17, 15) is 9.59 Å². The first-order chi connectivity index (χ1) is 8.86. The molecule has 0 saturated heterocycles. The van der Waals surface area contributed by atoms with Gasteiger partial charge in [0.05, 0.1) is 5.52 Å². The lowest BCUT2D eigenvalue weighted by Gasteiger charge is -2.08. The van der Waals surface area contributed by atoms with Gasteiger partial charge in [-0.3, -0.25) is 14.6 Å². The van der Waals surface area contributed by atoms with Crippen LogP contribution < -0.4 is 0 Å². The lowest BCUT2D eigenvalue weighted by Crippen LogP contribution is -1.95. The Hall–Kier alpha value is -2.55. The van der Waals surface area contributed by atoms with E-state index < -0.39 is 0 Å². The first-order valence-electron chi connectivity index (χ1n) is 5.56. The Kier molecular flexibility index (Phi) is 2.38. The van der Waals surface area contributed by atoms with Crippen LogP contribution in [-0.2, 0) is 0 Å². The number of aldehydes is 2. The van der Waals surface area contributed by atoms with Gasteiger partial charge in [0.1, 0.15) is 0 Å². The Morgan fingerprint density at radius 3 is 2.06 bits per heavy atom. The molecule has 0 amide bonds. The number of carbonyl (C=O) groups is 2. The average Bonchev–Trinajstić information content (AvgIpc) is 2.44. The van der Waals surface area contributed by atoms with Crippen LogP contribution in [0.25, 0.3) is 21.7 Å². The van der Waals surface area contributed by atoms with Crippen LogP contribution in [0.2, 0.25) is 0 Å². The van der Waals surface area contributed by atoms with Gasteiger partial charge in [0.25, 0.3) is 0 Å². The Morgan fingerprint density at radius 2 is 1.39 bits per heavy atom. The molecule has 0 atom stereocenters. The van der Waals surface area contributed by atoms with Gasteiger partial charge >= 0.3 is 0 Å². The van der Waals surface area contributed by atoms with Crippen LogP contribution in [0.5, 0.6) is 0 Å². The predicted octanol–water partition coefficient (Wildman–Crippen LogP) is 3.01. The molecular weight excluding hydrogens is 226 g/mol. The van der Waals surface area contributed by atoms with Gasteiger partial charge in [0.15, 0.2) is 12.6 Å². The van der Waals surface area contributed by atoms with Crippen molar-refractivity contribution in [1.29, 1.82) is 0 Å². The van der Waals surface area contributed by atoms with Crippen LogP contribution in [0.3, 0.4) is 0 Å². The molecular formula is C15H9NO2. The SMILES string of the molecule is O=Cc1c2ccccc2c(C=O)c2ncccc12. The zero-order valence-electron chi connectivity index (χ0n) is 9.46. The molecule has 3 rings (SSSR count). The van der Waals surface area contributed by atoms with Gasteiger partial charge in [-0.1, -0.05) is 30.3 Å². The second-order valence-corrected chi connectivity index (χ2v) is 4.01. The van der Waals surface area contributed by atoms with Gasteiger partial charge in [-0.2, -0.15) is 0 Å². The summed E-state index contributed by atoms with van der Waals surface area (Å²) in [5, 5.41) is 2.27. The summed E-state index contributed by atoms with van der Waals surface area (Å²) in [5.41, 5.74) is 1.69. The van der Waals surface area contributed by atoms with E-state index in [0.29, 0.717) is 22.0 Å². The van der Waals surface area contributed by atoms with Gasteiger partial charge < -0.3 is 0 Å². The summed E-state index contributed by atoms with van der Waals surface area (Å²) in [6.45, 7) is 0. The van der Waals surface area contributed by atoms with Crippen molar-refractivity contribution >= 4 is 34.2 Å². The van der Waals surface area contributed by atoms with Crippen molar-refractivity contribution in [1.82, 2.24) is 4.98 Å². The minimum Gasteiger partial charge on any atom is -0.298 e. The van der Waals surface area contributed by atoms with Gasteiger partial charge in [-0.25, -0.2) is 0 Å². The number of nitrogens with zero attached hydrogens (tertiary/aromatic N) is 1. The molecule has 0 radical (unpaired) electrons. The van der Waals surface area contributed by atoms with Gasteiger partial charge in [-0.15, -0.1) is 0 Å². The van der Waals surface area contributed by atoms with E-state index in [2.05, 4.69) is 4.98 Å². The van der Waals surface area contributed by atoms with Crippen molar-refractivity contribution < 1.29 is 9.59 Å². The van der Waals surface area contributed by atoms with Crippen molar-refractivity contribution in [3.8, 4) is 0 Å². The van der Waals surface area contributed by atoms with E-state index in [1.807, 2.05) is 30.3 Å². The van der Waals surface area contributed by atoms with E-state index in [-0.39, 0.29) is 0 Å². The molecule has 0 aliphatic heterocycles. The van der Waals surface area contributed by atoms with Crippen LogP contribution in [0.4, 0.5) is 0 Å². The number of pyridine rings is 1. The number of benzene rings is 2. The fourth-order valence-corrected chi connectivity index (χ4v) is 2.31. The molecule has 2 aromatic carbocycles. The summed E-state index contributed by atoms with van der Waals surface area (Å²) in [5.74, 6) is 0. The lowest BCUT2D eigenvalue weighted by molar-refractivity contribution is 0.111. The van der Waals surface area contributed by atoms with Crippen LogP contribution in [0.1, 0.15) is 20.7 Å². The lowest BCUT2D eigenvalue weighted by atomic mass is 9.96. The minimum absolute atomic E-state index is 0.534. The molecule has 0 bridgehead atoms. The number of hydrogen-bond acceptors (Lipinski definition) is 3. The quantitative estimate of drug-likeness (QED) is 0.506. The summed E-state index contributed by atoms with van der Waals surface area (Å²) < 4.78 is 0. The molecule has 86 valence electrons. The molecule has 1 aromatic heterocycles. The third-order valence-corrected chi connectivity index (χ3v) is 3.10. The second-order valence-electron chi connectivity index (χ2n) is 4.01. The number of rotatable bonds is 2. The molecule has 3 aromatic rings. The van der Waals surface area contributed by atoms with Crippen LogP contribution in [-0.4, -0.2) is 17.6 Å².